The SMILES string of the molecule is C#CC(OC(C#C)C1CCCCO1)C1CCCCO1. The van der Waals surface area contributed by atoms with Crippen LogP contribution in [0.4, 0.5) is 0 Å². The van der Waals surface area contributed by atoms with Crippen LogP contribution < -0.4 is 0 Å². The van der Waals surface area contributed by atoms with E-state index in [4.69, 9.17) is 27.1 Å². The summed E-state index contributed by atoms with van der Waals surface area (Å²) in [6.45, 7) is 1.51. The predicted octanol–water partition coefficient (Wildman–Crippen LogP) is 2.14. The van der Waals surface area contributed by atoms with Gasteiger partial charge in [-0.2, -0.15) is 0 Å². The summed E-state index contributed by atoms with van der Waals surface area (Å²) in [6, 6.07) is 0. The lowest BCUT2D eigenvalue weighted by molar-refractivity contribution is -0.123. The van der Waals surface area contributed by atoms with E-state index in [1.807, 2.05) is 0 Å². The Balaban J connectivity index is 1.91. The quantitative estimate of drug-likeness (QED) is 0.727. The van der Waals surface area contributed by atoms with E-state index in [9.17, 15) is 0 Å². The van der Waals surface area contributed by atoms with Gasteiger partial charge in [-0.3, -0.25) is 0 Å². The number of hydrogen-bond donors (Lipinski definition) is 0. The Morgan fingerprint density at radius 3 is 1.63 bits per heavy atom. The topological polar surface area (TPSA) is 27.7 Å². The van der Waals surface area contributed by atoms with E-state index in [1.54, 1.807) is 0 Å². The second-order valence-corrected chi connectivity index (χ2v) is 5.12. The van der Waals surface area contributed by atoms with Gasteiger partial charge in [0.15, 0.2) is 0 Å². The van der Waals surface area contributed by atoms with Crippen LogP contribution in [-0.4, -0.2) is 37.6 Å². The molecule has 0 aromatic heterocycles. The first-order valence-electron chi connectivity index (χ1n) is 7.16. The molecule has 2 aliphatic rings. The molecule has 0 amide bonds. The monoisotopic (exact) mass is 262 g/mol. The molecule has 2 heterocycles. The van der Waals surface area contributed by atoms with E-state index in [1.165, 1.54) is 0 Å². The predicted molar refractivity (Wildman–Crippen MR) is 73.5 cm³/mol. The van der Waals surface area contributed by atoms with Gasteiger partial charge in [0.05, 0.1) is 12.2 Å². The molecule has 4 atom stereocenters. The average Bonchev–Trinajstić information content (AvgIpc) is 2.50. The fourth-order valence-electron chi connectivity index (χ4n) is 2.64. The summed E-state index contributed by atoms with van der Waals surface area (Å²) in [7, 11) is 0. The van der Waals surface area contributed by atoms with Gasteiger partial charge in [-0.05, 0) is 38.5 Å². The summed E-state index contributed by atoms with van der Waals surface area (Å²) >= 11 is 0. The summed E-state index contributed by atoms with van der Waals surface area (Å²) in [5.41, 5.74) is 0. The third-order valence-electron chi connectivity index (χ3n) is 3.73. The normalized spacial score (nSPS) is 30.8. The third-order valence-corrected chi connectivity index (χ3v) is 3.73. The van der Waals surface area contributed by atoms with Crippen molar-refractivity contribution < 1.29 is 14.2 Å². The zero-order chi connectivity index (χ0) is 13.5. The van der Waals surface area contributed by atoms with E-state index >= 15 is 0 Å². The molecule has 4 unspecified atom stereocenters. The minimum atomic E-state index is -0.369. The molecule has 0 spiro atoms. The fourth-order valence-corrected chi connectivity index (χ4v) is 2.64. The lowest BCUT2D eigenvalue weighted by Crippen LogP contribution is -2.41. The molecule has 2 fully saturated rings. The number of rotatable bonds is 4. The highest BCUT2D eigenvalue weighted by Gasteiger charge is 2.30. The van der Waals surface area contributed by atoms with Crippen molar-refractivity contribution in [3.05, 3.63) is 0 Å². The van der Waals surface area contributed by atoms with E-state index in [0.717, 1.165) is 51.7 Å². The maximum absolute atomic E-state index is 5.91. The summed E-state index contributed by atoms with van der Waals surface area (Å²) in [4.78, 5) is 0. The Kier molecular flexibility index (Phi) is 5.73. The highest BCUT2D eigenvalue weighted by atomic mass is 16.6. The van der Waals surface area contributed by atoms with E-state index in [2.05, 4.69) is 11.8 Å². The second-order valence-electron chi connectivity index (χ2n) is 5.12. The van der Waals surface area contributed by atoms with Gasteiger partial charge < -0.3 is 14.2 Å². The maximum atomic E-state index is 5.91. The maximum Gasteiger partial charge on any atom is 0.145 e. The van der Waals surface area contributed by atoms with Gasteiger partial charge in [0.1, 0.15) is 12.2 Å². The molecule has 104 valence electrons. The molecule has 0 aromatic rings. The number of hydrogen-bond acceptors (Lipinski definition) is 3. The Morgan fingerprint density at radius 1 is 0.842 bits per heavy atom. The van der Waals surface area contributed by atoms with Crippen LogP contribution in [0.3, 0.4) is 0 Å². The second kappa shape index (κ2) is 7.56. The molecule has 0 aromatic carbocycles. The first-order chi connectivity index (χ1) is 9.35. The average molecular weight is 262 g/mol. The molecule has 0 N–H and O–H groups in total. The van der Waals surface area contributed by atoms with Crippen molar-refractivity contribution >= 4 is 0 Å². The van der Waals surface area contributed by atoms with Crippen LogP contribution in [0.15, 0.2) is 0 Å². The van der Waals surface area contributed by atoms with Crippen molar-refractivity contribution in [3.63, 3.8) is 0 Å². The molecule has 2 rings (SSSR count). The van der Waals surface area contributed by atoms with Crippen LogP contribution in [-0.2, 0) is 14.2 Å². The van der Waals surface area contributed by atoms with Crippen molar-refractivity contribution in [3.8, 4) is 24.7 Å². The molecule has 0 bridgehead atoms. The van der Waals surface area contributed by atoms with Gasteiger partial charge in [-0.25, -0.2) is 0 Å². The molecular weight excluding hydrogens is 240 g/mol. The largest absolute Gasteiger partial charge is 0.374 e. The van der Waals surface area contributed by atoms with Crippen molar-refractivity contribution in [2.24, 2.45) is 0 Å². The minimum absolute atomic E-state index is 0.0295. The van der Waals surface area contributed by atoms with Gasteiger partial charge in [0, 0.05) is 13.2 Å². The molecule has 2 saturated heterocycles. The molecule has 3 nitrogen and oxygen atoms in total. The highest BCUT2D eigenvalue weighted by molar-refractivity contribution is 5.06. The Hall–Kier alpha value is -1.00. The highest BCUT2D eigenvalue weighted by Crippen LogP contribution is 2.22. The van der Waals surface area contributed by atoms with Gasteiger partial charge in [-0.1, -0.05) is 11.8 Å². The minimum Gasteiger partial charge on any atom is -0.374 e. The van der Waals surface area contributed by atoms with E-state index < -0.39 is 0 Å². The van der Waals surface area contributed by atoms with Crippen molar-refractivity contribution in [2.45, 2.75) is 62.9 Å². The summed E-state index contributed by atoms with van der Waals surface area (Å²) in [5.74, 6) is 5.35. The Bertz CT molecular complexity index is 306. The van der Waals surface area contributed by atoms with Gasteiger partial charge >= 0.3 is 0 Å². The van der Waals surface area contributed by atoms with Gasteiger partial charge in [-0.15, -0.1) is 12.8 Å². The van der Waals surface area contributed by atoms with Crippen molar-refractivity contribution in [1.82, 2.24) is 0 Å². The smallest absolute Gasteiger partial charge is 0.145 e. The molecule has 0 radical (unpaired) electrons. The van der Waals surface area contributed by atoms with Crippen LogP contribution in [0.5, 0.6) is 0 Å². The number of ether oxygens (including phenoxy) is 3. The van der Waals surface area contributed by atoms with Crippen LogP contribution >= 0.6 is 0 Å². The van der Waals surface area contributed by atoms with Gasteiger partial charge in [0.25, 0.3) is 0 Å². The molecule has 3 heteroatoms. The third kappa shape index (κ3) is 3.98. The standard InChI is InChI=1S/C16H22O3/c1-3-13(15-9-5-7-11-17-15)19-14(4-2)16-10-6-8-12-18-16/h1-2,13-16H,5-12H2. The molecular formula is C16H22O3. The molecule has 2 aliphatic heterocycles. The number of terminal acetylenes is 2. The molecule has 19 heavy (non-hydrogen) atoms. The van der Waals surface area contributed by atoms with Crippen LogP contribution in [0.25, 0.3) is 0 Å². The summed E-state index contributed by atoms with van der Waals surface area (Å²) in [6.07, 6.45) is 16.7. The van der Waals surface area contributed by atoms with Crippen LogP contribution in [0.1, 0.15) is 38.5 Å². The zero-order valence-electron chi connectivity index (χ0n) is 11.3. The summed E-state index contributed by atoms with van der Waals surface area (Å²) < 4.78 is 17.3. The Labute approximate surface area is 116 Å². The fraction of sp³-hybridized carbons (Fsp3) is 0.750. The lowest BCUT2D eigenvalue weighted by Gasteiger charge is -2.32. The summed E-state index contributed by atoms with van der Waals surface area (Å²) in [5, 5.41) is 0. The molecule has 0 aliphatic carbocycles. The van der Waals surface area contributed by atoms with Crippen LogP contribution in [0.2, 0.25) is 0 Å². The van der Waals surface area contributed by atoms with E-state index in [-0.39, 0.29) is 24.4 Å². The van der Waals surface area contributed by atoms with Crippen molar-refractivity contribution in [2.75, 3.05) is 13.2 Å². The van der Waals surface area contributed by atoms with Crippen molar-refractivity contribution in [1.29, 1.82) is 0 Å². The first kappa shape index (κ1) is 14.4. The molecule has 0 saturated carbocycles. The Morgan fingerprint density at radius 2 is 1.32 bits per heavy atom. The zero-order valence-corrected chi connectivity index (χ0v) is 11.3. The first-order valence-corrected chi connectivity index (χ1v) is 7.16. The lowest BCUT2D eigenvalue weighted by atomic mass is 10.0. The van der Waals surface area contributed by atoms with E-state index in [0.29, 0.717) is 0 Å². The van der Waals surface area contributed by atoms with Crippen LogP contribution in [0, 0.1) is 24.7 Å². The van der Waals surface area contributed by atoms with Gasteiger partial charge in [0.2, 0.25) is 0 Å².